The lowest BCUT2D eigenvalue weighted by molar-refractivity contribution is 0.150. The summed E-state index contributed by atoms with van der Waals surface area (Å²) in [6.45, 7) is 4.48. The summed E-state index contributed by atoms with van der Waals surface area (Å²) in [4.78, 5) is 6.84. The second-order valence-corrected chi connectivity index (χ2v) is 7.02. The Hall–Kier alpha value is -0.450. The minimum absolute atomic E-state index is 0.695. The molecule has 1 fully saturated rings. The van der Waals surface area contributed by atoms with E-state index in [1.54, 1.807) is 11.3 Å². The maximum absolute atomic E-state index is 4.39. The van der Waals surface area contributed by atoms with E-state index in [1.165, 1.54) is 44.3 Å². The first-order chi connectivity index (χ1) is 9.72. The molecule has 3 unspecified atom stereocenters. The van der Waals surface area contributed by atoms with Crippen LogP contribution in [0.15, 0.2) is 10.9 Å². The smallest absolute Gasteiger partial charge is 0.0795 e. The van der Waals surface area contributed by atoms with Gasteiger partial charge in [0, 0.05) is 24.5 Å². The summed E-state index contributed by atoms with van der Waals surface area (Å²) >= 11 is 1.69. The van der Waals surface area contributed by atoms with Crippen molar-refractivity contribution < 1.29 is 0 Å². The van der Waals surface area contributed by atoms with Gasteiger partial charge in [-0.3, -0.25) is 0 Å². The fraction of sp³-hybridized carbons (Fsp3) is 0.812. The highest BCUT2D eigenvalue weighted by molar-refractivity contribution is 7.07. The molecule has 0 amide bonds. The molecule has 1 aliphatic carbocycles. The molecule has 1 saturated carbocycles. The molecule has 0 bridgehead atoms. The van der Waals surface area contributed by atoms with Gasteiger partial charge in [0.2, 0.25) is 0 Å². The first kappa shape index (κ1) is 15.9. The molecule has 1 aromatic heterocycles. The van der Waals surface area contributed by atoms with Gasteiger partial charge in [0.15, 0.2) is 0 Å². The van der Waals surface area contributed by atoms with Crippen molar-refractivity contribution >= 4 is 11.3 Å². The summed E-state index contributed by atoms with van der Waals surface area (Å²) in [6, 6.07) is 0.695. The summed E-state index contributed by atoms with van der Waals surface area (Å²) in [6.07, 6.45) is 6.88. The van der Waals surface area contributed by atoms with Crippen molar-refractivity contribution in [1.82, 2.24) is 15.2 Å². The predicted molar refractivity (Wildman–Crippen MR) is 87.0 cm³/mol. The molecule has 1 heterocycles. The number of thiazole rings is 1. The van der Waals surface area contributed by atoms with Crippen LogP contribution in [0.5, 0.6) is 0 Å². The molecule has 1 aliphatic rings. The van der Waals surface area contributed by atoms with E-state index >= 15 is 0 Å². The molecule has 0 saturated heterocycles. The van der Waals surface area contributed by atoms with E-state index in [1.807, 2.05) is 5.51 Å². The quantitative estimate of drug-likeness (QED) is 0.836. The predicted octanol–water partition coefficient (Wildman–Crippen LogP) is 3.38. The number of hydrogen-bond acceptors (Lipinski definition) is 4. The maximum Gasteiger partial charge on any atom is 0.0795 e. The Morgan fingerprint density at radius 3 is 2.95 bits per heavy atom. The van der Waals surface area contributed by atoms with E-state index in [4.69, 9.17) is 0 Å². The molecule has 1 aromatic rings. The van der Waals surface area contributed by atoms with Crippen LogP contribution < -0.4 is 5.32 Å². The van der Waals surface area contributed by atoms with Crippen LogP contribution >= 0.6 is 11.3 Å². The summed E-state index contributed by atoms with van der Waals surface area (Å²) in [7, 11) is 4.35. The third-order valence-electron chi connectivity index (χ3n) is 4.62. The minimum atomic E-state index is 0.695. The standard InChI is InChI=1S/C16H29N3S/c1-4-5-13-6-7-16(17-2)14(8-13)9-19(3)10-15-11-20-12-18-15/h11-14,16-17H,4-10H2,1-3H3. The number of nitrogens with one attached hydrogen (secondary N) is 1. The second-order valence-electron chi connectivity index (χ2n) is 6.30. The zero-order valence-electron chi connectivity index (χ0n) is 13.1. The zero-order valence-corrected chi connectivity index (χ0v) is 14.0. The zero-order chi connectivity index (χ0) is 14.4. The Morgan fingerprint density at radius 1 is 1.45 bits per heavy atom. The minimum Gasteiger partial charge on any atom is -0.317 e. The van der Waals surface area contributed by atoms with E-state index in [0.29, 0.717) is 6.04 Å². The molecule has 20 heavy (non-hydrogen) atoms. The van der Waals surface area contributed by atoms with Gasteiger partial charge in [-0.05, 0) is 45.2 Å². The Balaban J connectivity index is 1.86. The van der Waals surface area contributed by atoms with Crippen molar-refractivity contribution in [3.8, 4) is 0 Å². The van der Waals surface area contributed by atoms with E-state index < -0.39 is 0 Å². The molecule has 1 N–H and O–H groups in total. The van der Waals surface area contributed by atoms with Crippen molar-refractivity contribution in [2.75, 3.05) is 20.6 Å². The van der Waals surface area contributed by atoms with Crippen LogP contribution in [0, 0.1) is 11.8 Å². The first-order valence-electron chi connectivity index (χ1n) is 7.95. The van der Waals surface area contributed by atoms with Gasteiger partial charge in [-0.2, -0.15) is 0 Å². The molecule has 3 atom stereocenters. The molecule has 114 valence electrons. The van der Waals surface area contributed by atoms with E-state index in [9.17, 15) is 0 Å². The Bertz CT molecular complexity index is 366. The molecule has 0 radical (unpaired) electrons. The van der Waals surface area contributed by atoms with Crippen molar-refractivity contribution in [3.63, 3.8) is 0 Å². The average molecular weight is 295 g/mol. The Kier molecular flexibility index (Phi) is 6.46. The van der Waals surface area contributed by atoms with Gasteiger partial charge in [0.25, 0.3) is 0 Å². The highest BCUT2D eigenvalue weighted by atomic mass is 32.1. The van der Waals surface area contributed by atoms with Crippen LogP contribution in [0.4, 0.5) is 0 Å². The molecular formula is C16H29N3S. The molecule has 2 rings (SSSR count). The molecule has 3 nitrogen and oxygen atoms in total. The van der Waals surface area contributed by atoms with Gasteiger partial charge in [-0.15, -0.1) is 11.3 Å². The number of hydrogen-bond donors (Lipinski definition) is 1. The summed E-state index contributed by atoms with van der Waals surface area (Å²) < 4.78 is 0. The molecule has 4 heteroatoms. The number of nitrogens with zero attached hydrogens (tertiary/aromatic N) is 2. The monoisotopic (exact) mass is 295 g/mol. The van der Waals surface area contributed by atoms with Gasteiger partial charge < -0.3 is 10.2 Å². The highest BCUT2D eigenvalue weighted by Gasteiger charge is 2.29. The van der Waals surface area contributed by atoms with Crippen molar-refractivity contribution in [2.24, 2.45) is 11.8 Å². The van der Waals surface area contributed by atoms with Gasteiger partial charge >= 0.3 is 0 Å². The molecule has 0 aliphatic heterocycles. The largest absolute Gasteiger partial charge is 0.317 e. The lowest BCUT2D eigenvalue weighted by atomic mass is 9.76. The van der Waals surface area contributed by atoms with Crippen LogP contribution in [0.1, 0.15) is 44.7 Å². The summed E-state index contributed by atoms with van der Waals surface area (Å²) in [5.41, 5.74) is 3.14. The van der Waals surface area contributed by atoms with Gasteiger partial charge in [0.05, 0.1) is 11.2 Å². The van der Waals surface area contributed by atoms with Crippen molar-refractivity contribution in [1.29, 1.82) is 0 Å². The lowest BCUT2D eigenvalue weighted by Crippen LogP contribution is -2.43. The van der Waals surface area contributed by atoms with Gasteiger partial charge in [-0.25, -0.2) is 4.98 Å². The van der Waals surface area contributed by atoms with E-state index in [2.05, 4.69) is 41.6 Å². The highest BCUT2D eigenvalue weighted by Crippen LogP contribution is 2.32. The van der Waals surface area contributed by atoms with Crippen molar-refractivity contribution in [2.45, 2.75) is 51.6 Å². The number of aromatic nitrogens is 1. The fourth-order valence-corrected chi connectivity index (χ4v) is 4.22. The van der Waals surface area contributed by atoms with Crippen LogP contribution in [-0.2, 0) is 6.54 Å². The van der Waals surface area contributed by atoms with Crippen LogP contribution in [-0.4, -0.2) is 36.6 Å². The Morgan fingerprint density at radius 2 is 2.30 bits per heavy atom. The lowest BCUT2D eigenvalue weighted by Gasteiger charge is -2.38. The topological polar surface area (TPSA) is 28.2 Å². The van der Waals surface area contributed by atoms with Crippen molar-refractivity contribution in [3.05, 3.63) is 16.6 Å². The average Bonchev–Trinajstić information content (AvgIpc) is 2.92. The third kappa shape index (κ3) is 4.54. The van der Waals surface area contributed by atoms with Gasteiger partial charge in [0.1, 0.15) is 0 Å². The normalized spacial score (nSPS) is 27.1. The summed E-state index contributed by atoms with van der Waals surface area (Å²) in [5.74, 6) is 1.73. The first-order valence-corrected chi connectivity index (χ1v) is 8.90. The molecule has 0 aromatic carbocycles. The maximum atomic E-state index is 4.39. The third-order valence-corrected chi connectivity index (χ3v) is 5.26. The second kappa shape index (κ2) is 8.11. The number of rotatable bonds is 7. The SMILES string of the molecule is CCCC1CCC(NC)C(CN(C)Cc2cscn2)C1. The molecular weight excluding hydrogens is 266 g/mol. The van der Waals surface area contributed by atoms with Gasteiger partial charge in [-0.1, -0.05) is 19.8 Å². The fourth-order valence-electron chi connectivity index (χ4n) is 3.67. The molecule has 0 spiro atoms. The van der Waals surface area contributed by atoms with E-state index in [-0.39, 0.29) is 0 Å². The van der Waals surface area contributed by atoms with E-state index in [0.717, 1.165) is 18.4 Å². The Labute approximate surface area is 127 Å². The van der Waals surface area contributed by atoms with Crippen LogP contribution in [0.25, 0.3) is 0 Å². The van der Waals surface area contributed by atoms with Crippen LogP contribution in [0.3, 0.4) is 0 Å². The summed E-state index contributed by atoms with van der Waals surface area (Å²) in [5, 5.41) is 5.70. The van der Waals surface area contributed by atoms with Crippen LogP contribution in [0.2, 0.25) is 0 Å².